The van der Waals surface area contributed by atoms with E-state index in [1.807, 2.05) is 13.8 Å². The zero-order chi connectivity index (χ0) is 13.4. The van der Waals surface area contributed by atoms with E-state index in [1.54, 1.807) is 14.0 Å². The fourth-order valence-electron chi connectivity index (χ4n) is 1.32. The molecule has 1 amide bonds. The summed E-state index contributed by atoms with van der Waals surface area (Å²) in [6, 6.07) is -1.30. The van der Waals surface area contributed by atoms with Crippen molar-refractivity contribution in [3.8, 4) is 0 Å². The van der Waals surface area contributed by atoms with E-state index in [2.05, 4.69) is 0 Å². The van der Waals surface area contributed by atoms with E-state index in [9.17, 15) is 9.59 Å². The Morgan fingerprint density at radius 1 is 1.35 bits per heavy atom. The molecule has 0 heterocycles. The van der Waals surface area contributed by atoms with E-state index >= 15 is 0 Å². The Hall–Kier alpha value is -1.14. The van der Waals surface area contributed by atoms with Crippen molar-refractivity contribution in [2.75, 3.05) is 26.9 Å². The van der Waals surface area contributed by atoms with Gasteiger partial charge in [-0.25, -0.2) is 4.79 Å². The molecule has 0 saturated carbocycles. The van der Waals surface area contributed by atoms with E-state index in [0.717, 1.165) is 0 Å². The summed E-state index contributed by atoms with van der Waals surface area (Å²) in [5.74, 6) is -1.13. The molecule has 2 N–H and O–H groups in total. The Bertz CT molecular complexity index is 256. The van der Waals surface area contributed by atoms with Crippen LogP contribution in [0, 0.1) is 0 Å². The van der Waals surface area contributed by atoms with E-state index in [-0.39, 0.29) is 12.6 Å². The Labute approximate surface area is 102 Å². The predicted molar refractivity (Wildman–Crippen MR) is 63.3 cm³/mol. The van der Waals surface area contributed by atoms with Gasteiger partial charge in [-0.1, -0.05) is 0 Å². The Kier molecular flexibility index (Phi) is 7.49. The molecule has 0 radical (unpaired) electrons. The maximum Gasteiger partial charge on any atom is 0.332 e. The van der Waals surface area contributed by atoms with Crippen LogP contribution >= 0.6 is 0 Å². The molecule has 6 nitrogen and oxygen atoms in total. The van der Waals surface area contributed by atoms with Gasteiger partial charge in [-0.05, 0) is 20.8 Å². The third kappa shape index (κ3) is 5.14. The third-order valence-corrected chi connectivity index (χ3v) is 2.25. The van der Waals surface area contributed by atoms with Gasteiger partial charge in [0.05, 0.1) is 13.2 Å². The van der Waals surface area contributed by atoms with E-state index in [1.165, 1.54) is 4.90 Å². The number of hydrogen-bond donors (Lipinski definition) is 1. The number of amides is 1. The first-order valence-electron chi connectivity index (χ1n) is 5.67. The first kappa shape index (κ1) is 15.9. The number of hydrogen-bond acceptors (Lipinski definition) is 5. The first-order chi connectivity index (χ1) is 7.95. The number of nitrogens with zero attached hydrogens (tertiary/aromatic N) is 1. The molecular weight excluding hydrogens is 224 g/mol. The second kappa shape index (κ2) is 8.03. The summed E-state index contributed by atoms with van der Waals surface area (Å²) < 4.78 is 9.63. The van der Waals surface area contributed by atoms with Crippen molar-refractivity contribution in [1.82, 2.24) is 4.90 Å². The van der Waals surface area contributed by atoms with Crippen LogP contribution in [0.3, 0.4) is 0 Å². The Morgan fingerprint density at radius 2 is 1.94 bits per heavy atom. The van der Waals surface area contributed by atoms with E-state index in [4.69, 9.17) is 15.2 Å². The molecule has 0 aromatic heterocycles. The van der Waals surface area contributed by atoms with Crippen LogP contribution in [-0.4, -0.2) is 55.7 Å². The summed E-state index contributed by atoms with van der Waals surface area (Å²) in [4.78, 5) is 24.8. The number of methoxy groups -OCH3 is 1. The minimum atomic E-state index is -1.26. The van der Waals surface area contributed by atoms with Crippen LogP contribution in [0.5, 0.6) is 0 Å². The minimum Gasteiger partial charge on any atom is -0.464 e. The van der Waals surface area contributed by atoms with Crippen molar-refractivity contribution >= 4 is 11.9 Å². The summed E-state index contributed by atoms with van der Waals surface area (Å²) in [5.41, 5.74) is 5.55. The van der Waals surface area contributed by atoms with Gasteiger partial charge >= 0.3 is 5.97 Å². The summed E-state index contributed by atoms with van der Waals surface area (Å²) in [7, 11) is 1.55. The molecule has 0 spiro atoms. The number of carbonyl (C=O) groups excluding carboxylic acids is 2. The third-order valence-electron chi connectivity index (χ3n) is 2.25. The lowest BCUT2D eigenvalue weighted by Crippen LogP contribution is -2.52. The Balaban J connectivity index is 4.54. The number of carbonyl (C=O) groups is 2. The van der Waals surface area contributed by atoms with Gasteiger partial charge in [0.2, 0.25) is 0 Å². The van der Waals surface area contributed by atoms with Gasteiger partial charge in [0.1, 0.15) is 0 Å². The van der Waals surface area contributed by atoms with Crippen molar-refractivity contribution < 1.29 is 19.1 Å². The van der Waals surface area contributed by atoms with Crippen LogP contribution in [0.25, 0.3) is 0 Å². The maximum atomic E-state index is 12.0. The zero-order valence-electron chi connectivity index (χ0n) is 10.9. The van der Waals surface area contributed by atoms with Crippen molar-refractivity contribution in [3.63, 3.8) is 0 Å². The molecule has 0 fully saturated rings. The van der Waals surface area contributed by atoms with Crippen molar-refractivity contribution in [2.24, 2.45) is 5.73 Å². The monoisotopic (exact) mass is 246 g/mol. The largest absolute Gasteiger partial charge is 0.464 e. The fourth-order valence-corrected chi connectivity index (χ4v) is 1.32. The highest BCUT2D eigenvalue weighted by molar-refractivity contribution is 6.01. The summed E-state index contributed by atoms with van der Waals surface area (Å²) in [6.07, 6.45) is 0. The summed E-state index contributed by atoms with van der Waals surface area (Å²) >= 11 is 0. The first-order valence-corrected chi connectivity index (χ1v) is 5.67. The average Bonchev–Trinajstić information content (AvgIpc) is 2.28. The normalized spacial score (nSPS) is 12.4. The maximum absolute atomic E-state index is 12.0. The lowest BCUT2D eigenvalue weighted by molar-refractivity contribution is -0.151. The van der Waals surface area contributed by atoms with E-state index < -0.39 is 17.9 Å². The zero-order valence-corrected chi connectivity index (χ0v) is 10.9. The highest BCUT2D eigenvalue weighted by Gasteiger charge is 2.29. The number of rotatable bonds is 7. The molecule has 0 aliphatic carbocycles. The number of nitrogens with two attached hydrogens (primary N) is 1. The number of esters is 1. The molecule has 6 heteroatoms. The topological polar surface area (TPSA) is 81.9 Å². The van der Waals surface area contributed by atoms with Crippen molar-refractivity contribution in [2.45, 2.75) is 32.9 Å². The second-order valence-electron chi connectivity index (χ2n) is 3.85. The molecule has 0 aromatic rings. The predicted octanol–water partition coefficient (Wildman–Crippen LogP) is -0.240. The lowest BCUT2D eigenvalue weighted by atomic mass is 10.2. The Morgan fingerprint density at radius 3 is 2.35 bits per heavy atom. The second-order valence-corrected chi connectivity index (χ2v) is 3.85. The van der Waals surface area contributed by atoms with Gasteiger partial charge in [0, 0.05) is 19.7 Å². The minimum absolute atomic E-state index is 0.0434. The summed E-state index contributed by atoms with van der Waals surface area (Å²) in [5, 5.41) is 0. The van der Waals surface area contributed by atoms with Gasteiger partial charge in [0.15, 0.2) is 6.04 Å². The molecular formula is C11H22N2O4. The van der Waals surface area contributed by atoms with Crippen LogP contribution in [0.4, 0.5) is 0 Å². The summed E-state index contributed by atoms with van der Waals surface area (Å²) in [6.45, 7) is 6.39. The lowest BCUT2D eigenvalue weighted by Gasteiger charge is -2.28. The standard InChI is InChI=1S/C11H22N2O4/c1-5-17-11(15)9(12)10(14)13(8(2)3)6-7-16-4/h8-9H,5-7,12H2,1-4H3. The van der Waals surface area contributed by atoms with Gasteiger partial charge in [-0.3, -0.25) is 4.79 Å². The molecule has 0 saturated heterocycles. The van der Waals surface area contributed by atoms with Crippen LogP contribution in [0.15, 0.2) is 0 Å². The average molecular weight is 246 g/mol. The highest BCUT2D eigenvalue weighted by atomic mass is 16.5. The number of ether oxygens (including phenoxy) is 2. The van der Waals surface area contributed by atoms with Crippen LogP contribution in [0.1, 0.15) is 20.8 Å². The molecule has 0 bridgehead atoms. The molecule has 0 aliphatic rings. The highest BCUT2D eigenvalue weighted by Crippen LogP contribution is 2.02. The van der Waals surface area contributed by atoms with E-state index in [0.29, 0.717) is 13.2 Å². The molecule has 0 aliphatic heterocycles. The van der Waals surface area contributed by atoms with Gasteiger partial charge < -0.3 is 20.1 Å². The molecule has 0 rings (SSSR count). The SMILES string of the molecule is CCOC(=O)C(N)C(=O)N(CCOC)C(C)C. The van der Waals surface area contributed by atoms with Gasteiger partial charge in [0.25, 0.3) is 5.91 Å². The molecule has 0 aromatic carbocycles. The van der Waals surface area contributed by atoms with Crippen molar-refractivity contribution in [1.29, 1.82) is 0 Å². The van der Waals surface area contributed by atoms with Gasteiger partial charge in [-0.2, -0.15) is 0 Å². The van der Waals surface area contributed by atoms with Gasteiger partial charge in [-0.15, -0.1) is 0 Å². The van der Waals surface area contributed by atoms with Crippen LogP contribution in [-0.2, 0) is 19.1 Å². The fraction of sp³-hybridized carbons (Fsp3) is 0.818. The molecule has 1 unspecified atom stereocenters. The molecule has 100 valence electrons. The smallest absolute Gasteiger partial charge is 0.332 e. The van der Waals surface area contributed by atoms with Crippen LogP contribution < -0.4 is 5.73 Å². The quantitative estimate of drug-likeness (QED) is 0.495. The molecule has 1 atom stereocenters. The van der Waals surface area contributed by atoms with Crippen LogP contribution in [0.2, 0.25) is 0 Å². The molecule has 17 heavy (non-hydrogen) atoms. The van der Waals surface area contributed by atoms with Crippen molar-refractivity contribution in [3.05, 3.63) is 0 Å².